The van der Waals surface area contributed by atoms with E-state index in [9.17, 15) is 5.11 Å². The first kappa shape index (κ1) is 23.7. The van der Waals surface area contributed by atoms with Gasteiger partial charge in [0, 0.05) is 37.6 Å². The van der Waals surface area contributed by atoms with Crippen LogP contribution in [-0.2, 0) is 24.4 Å². The Morgan fingerprint density at radius 2 is 1.73 bits per heavy atom. The second-order valence-corrected chi connectivity index (χ2v) is 9.43. The smallest absolute Gasteiger partial charge is 0.0900 e. The molecule has 0 amide bonds. The van der Waals surface area contributed by atoms with Crippen LogP contribution < -0.4 is 0 Å². The van der Waals surface area contributed by atoms with Gasteiger partial charge in [0.15, 0.2) is 0 Å². The predicted molar refractivity (Wildman–Crippen MR) is 134 cm³/mol. The average Bonchev–Trinajstić information content (AvgIpc) is 3.28. The molecule has 1 aliphatic rings. The molecule has 3 aromatic rings. The van der Waals surface area contributed by atoms with E-state index in [1.54, 1.807) is 0 Å². The Hall–Kier alpha value is -2.40. The van der Waals surface area contributed by atoms with Gasteiger partial charge in [-0.15, -0.1) is 0 Å². The Kier molecular flexibility index (Phi) is 8.76. The first-order chi connectivity index (χ1) is 16.2. The lowest BCUT2D eigenvalue weighted by molar-refractivity contribution is -0.00384. The van der Waals surface area contributed by atoms with Crippen LogP contribution in [0.15, 0.2) is 72.9 Å². The number of hydrogen-bond donors (Lipinski definition) is 1. The highest BCUT2D eigenvalue weighted by atomic mass is 16.5. The summed E-state index contributed by atoms with van der Waals surface area (Å²) in [5.74, 6) is 0. The zero-order valence-corrected chi connectivity index (χ0v) is 19.9. The normalized spacial score (nSPS) is 15.7. The van der Waals surface area contributed by atoms with Crippen molar-refractivity contribution < 1.29 is 9.84 Å². The molecule has 0 bridgehead atoms. The lowest BCUT2D eigenvalue weighted by Crippen LogP contribution is -2.42. The van der Waals surface area contributed by atoms with Crippen molar-refractivity contribution in [3.63, 3.8) is 0 Å². The van der Waals surface area contributed by atoms with Crippen LogP contribution in [0.1, 0.15) is 54.5 Å². The molecule has 33 heavy (non-hydrogen) atoms. The van der Waals surface area contributed by atoms with E-state index in [2.05, 4.69) is 71.1 Å². The zero-order chi connectivity index (χ0) is 22.9. The maximum Gasteiger partial charge on any atom is 0.0900 e. The highest BCUT2D eigenvalue weighted by molar-refractivity contribution is 5.26. The second kappa shape index (κ2) is 12.2. The monoisotopic (exact) mass is 446 g/mol. The molecule has 1 aromatic heterocycles. The number of benzene rings is 2. The highest BCUT2D eigenvalue weighted by Gasteiger charge is 2.24. The van der Waals surface area contributed by atoms with Crippen molar-refractivity contribution in [1.82, 2.24) is 9.47 Å². The maximum atomic E-state index is 10.8. The van der Waals surface area contributed by atoms with Gasteiger partial charge < -0.3 is 14.4 Å². The van der Waals surface area contributed by atoms with Gasteiger partial charge in [-0.05, 0) is 48.6 Å². The van der Waals surface area contributed by atoms with E-state index in [0.29, 0.717) is 25.8 Å². The number of nitrogens with zero attached hydrogens (tertiary/aromatic N) is 2. The number of aliphatic hydroxyl groups excluding tert-OH is 1. The lowest BCUT2D eigenvalue weighted by atomic mass is 9.94. The number of aryl methyl sites for hydroxylation is 1. The predicted octanol–water partition coefficient (Wildman–Crippen LogP) is 5.56. The summed E-state index contributed by atoms with van der Waals surface area (Å²) in [6, 6.07) is 23.7. The first-order valence-electron chi connectivity index (χ1n) is 12.4. The zero-order valence-electron chi connectivity index (χ0n) is 19.9. The molecule has 0 radical (unpaired) electrons. The van der Waals surface area contributed by atoms with E-state index in [0.717, 1.165) is 18.7 Å². The molecule has 2 aromatic carbocycles. The van der Waals surface area contributed by atoms with Crippen LogP contribution in [0.5, 0.6) is 0 Å². The Bertz CT molecular complexity index is 963. The van der Waals surface area contributed by atoms with Gasteiger partial charge in [-0.25, -0.2) is 0 Å². The van der Waals surface area contributed by atoms with Gasteiger partial charge in [0.2, 0.25) is 0 Å². The second-order valence-electron chi connectivity index (χ2n) is 9.43. The number of ether oxygens (including phenoxy) is 1. The molecule has 0 unspecified atom stereocenters. The molecule has 4 nitrogen and oxygen atoms in total. The summed E-state index contributed by atoms with van der Waals surface area (Å²) in [5.41, 5.74) is 5.13. The van der Waals surface area contributed by atoms with E-state index < -0.39 is 6.10 Å². The molecule has 0 spiro atoms. The summed E-state index contributed by atoms with van der Waals surface area (Å²) in [4.78, 5) is 2.50. The van der Waals surface area contributed by atoms with E-state index >= 15 is 0 Å². The van der Waals surface area contributed by atoms with Crippen molar-refractivity contribution in [3.8, 4) is 0 Å². The molecule has 1 fully saturated rings. The molecule has 4 rings (SSSR count). The van der Waals surface area contributed by atoms with Crippen molar-refractivity contribution in [2.45, 2.75) is 70.9 Å². The number of rotatable bonds is 11. The van der Waals surface area contributed by atoms with Gasteiger partial charge in [0.25, 0.3) is 0 Å². The topological polar surface area (TPSA) is 37.6 Å². The van der Waals surface area contributed by atoms with Crippen LogP contribution >= 0.6 is 0 Å². The quantitative estimate of drug-likeness (QED) is 0.419. The van der Waals surface area contributed by atoms with Gasteiger partial charge >= 0.3 is 0 Å². The van der Waals surface area contributed by atoms with Crippen molar-refractivity contribution in [2.75, 3.05) is 13.2 Å². The molecule has 1 aliphatic carbocycles. The van der Waals surface area contributed by atoms with Crippen molar-refractivity contribution in [3.05, 3.63) is 95.3 Å². The van der Waals surface area contributed by atoms with Crippen LogP contribution in [-0.4, -0.2) is 39.9 Å². The van der Waals surface area contributed by atoms with Crippen molar-refractivity contribution >= 4 is 0 Å². The minimum absolute atomic E-state index is 0.363. The third kappa shape index (κ3) is 7.04. The Morgan fingerprint density at radius 1 is 0.970 bits per heavy atom. The SMILES string of the molecule is Cc1ccccc1Cn1cccc1CN(C[C@H](O)COCc1ccccc1)C1CCCCC1. The van der Waals surface area contributed by atoms with Crippen LogP contribution in [0.4, 0.5) is 0 Å². The van der Waals surface area contributed by atoms with Crippen LogP contribution in [0.2, 0.25) is 0 Å². The lowest BCUT2D eigenvalue weighted by Gasteiger charge is -2.35. The van der Waals surface area contributed by atoms with Gasteiger partial charge in [0.05, 0.1) is 19.3 Å². The van der Waals surface area contributed by atoms with E-state index in [-0.39, 0.29) is 0 Å². The fraction of sp³-hybridized carbons (Fsp3) is 0.448. The van der Waals surface area contributed by atoms with E-state index in [4.69, 9.17) is 4.74 Å². The Morgan fingerprint density at radius 3 is 2.52 bits per heavy atom. The van der Waals surface area contributed by atoms with Gasteiger partial charge in [0.1, 0.15) is 0 Å². The molecule has 176 valence electrons. The third-order valence-electron chi connectivity index (χ3n) is 6.85. The average molecular weight is 447 g/mol. The summed E-state index contributed by atoms with van der Waals surface area (Å²) in [5, 5.41) is 10.8. The largest absolute Gasteiger partial charge is 0.389 e. The molecular weight excluding hydrogens is 408 g/mol. The van der Waals surface area contributed by atoms with Gasteiger partial charge in [-0.2, -0.15) is 0 Å². The summed E-state index contributed by atoms with van der Waals surface area (Å²) < 4.78 is 8.20. The molecule has 1 atom stereocenters. The molecule has 0 aliphatic heterocycles. The highest BCUT2D eigenvalue weighted by Crippen LogP contribution is 2.25. The molecule has 0 saturated heterocycles. The number of aliphatic hydroxyl groups is 1. The number of hydrogen-bond acceptors (Lipinski definition) is 3. The summed E-state index contributed by atoms with van der Waals surface area (Å²) in [6.07, 6.45) is 8.02. The van der Waals surface area contributed by atoms with E-state index in [1.165, 1.54) is 48.9 Å². The number of aromatic nitrogens is 1. The summed E-state index contributed by atoms with van der Waals surface area (Å²) in [7, 11) is 0. The summed E-state index contributed by atoms with van der Waals surface area (Å²) in [6.45, 7) is 5.48. The molecule has 1 N–H and O–H groups in total. The van der Waals surface area contributed by atoms with Crippen LogP contribution in [0.25, 0.3) is 0 Å². The first-order valence-corrected chi connectivity index (χ1v) is 12.4. The molecular formula is C29H38N2O2. The summed E-state index contributed by atoms with van der Waals surface area (Å²) >= 11 is 0. The standard InChI is InChI=1S/C29H38N2O2/c1-24-11-8-9-14-26(24)19-30-18-10-17-28(30)20-31(27-15-6-3-7-16-27)21-29(32)23-33-22-25-12-4-2-5-13-25/h2,4-5,8-14,17-18,27,29,32H,3,6-7,15-16,19-23H2,1H3/t29-/m0/s1. The Labute approximate surface area is 198 Å². The van der Waals surface area contributed by atoms with Crippen LogP contribution in [0, 0.1) is 6.92 Å². The van der Waals surface area contributed by atoms with Gasteiger partial charge in [-0.1, -0.05) is 73.9 Å². The fourth-order valence-electron chi connectivity index (χ4n) is 4.93. The van der Waals surface area contributed by atoms with Crippen molar-refractivity contribution in [2.24, 2.45) is 0 Å². The van der Waals surface area contributed by atoms with E-state index in [1.807, 2.05) is 18.2 Å². The van der Waals surface area contributed by atoms with Crippen molar-refractivity contribution in [1.29, 1.82) is 0 Å². The Balaban J connectivity index is 1.39. The molecule has 4 heteroatoms. The maximum absolute atomic E-state index is 10.8. The third-order valence-corrected chi connectivity index (χ3v) is 6.85. The minimum Gasteiger partial charge on any atom is -0.389 e. The minimum atomic E-state index is -0.490. The van der Waals surface area contributed by atoms with Gasteiger partial charge in [-0.3, -0.25) is 4.90 Å². The fourth-order valence-corrected chi connectivity index (χ4v) is 4.93. The molecule has 1 heterocycles. The molecule has 1 saturated carbocycles. The van der Waals surface area contributed by atoms with Crippen LogP contribution in [0.3, 0.4) is 0 Å².